The monoisotopic (exact) mass is 300 g/mol. The minimum atomic E-state index is 0.0996. The predicted molar refractivity (Wildman–Crippen MR) is 85.0 cm³/mol. The van der Waals surface area contributed by atoms with E-state index in [0.717, 1.165) is 21.7 Å². The van der Waals surface area contributed by atoms with Crippen molar-refractivity contribution in [3.8, 4) is 11.8 Å². The molecule has 0 bridgehead atoms. The molecule has 2 aromatic carbocycles. The molecule has 2 nitrogen and oxygen atoms in total. The average Bonchev–Trinajstić information content (AvgIpc) is 2.49. The second kappa shape index (κ2) is 8.49. The Morgan fingerprint density at radius 1 is 1.00 bits per heavy atom. The molecule has 0 aliphatic heterocycles. The first-order valence-electron chi connectivity index (χ1n) is 6.79. The predicted octanol–water partition coefficient (Wildman–Crippen LogP) is 3.79. The van der Waals surface area contributed by atoms with Crippen LogP contribution in [0.5, 0.6) is 0 Å². The Kier molecular flexibility index (Phi) is 6.30. The molecule has 0 amide bonds. The average molecular weight is 301 g/mol. The van der Waals surface area contributed by atoms with Crippen molar-refractivity contribution in [2.24, 2.45) is 0 Å². The van der Waals surface area contributed by atoms with Gasteiger partial charge in [-0.3, -0.25) is 0 Å². The van der Waals surface area contributed by atoms with Crippen LogP contribution < -0.4 is 0 Å². The third kappa shape index (κ3) is 5.61. The molecule has 0 radical (unpaired) electrons. The molecular weight excluding hydrogens is 284 g/mol. The summed E-state index contributed by atoms with van der Waals surface area (Å²) in [6.45, 7) is 1.19. The minimum Gasteiger partial charge on any atom is -0.395 e. The highest BCUT2D eigenvalue weighted by atomic mass is 35.5. The van der Waals surface area contributed by atoms with Crippen LogP contribution in [0.25, 0.3) is 0 Å². The fourth-order valence-corrected chi connectivity index (χ4v) is 2.03. The van der Waals surface area contributed by atoms with Gasteiger partial charge in [0.15, 0.2) is 0 Å². The molecule has 2 aromatic rings. The van der Waals surface area contributed by atoms with E-state index in [0.29, 0.717) is 19.6 Å². The van der Waals surface area contributed by atoms with E-state index in [1.165, 1.54) is 0 Å². The van der Waals surface area contributed by atoms with Crippen LogP contribution in [0.2, 0.25) is 5.02 Å². The van der Waals surface area contributed by atoms with E-state index in [1.807, 2.05) is 48.5 Å². The Balaban J connectivity index is 1.82. The summed E-state index contributed by atoms with van der Waals surface area (Å²) < 4.78 is 5.67. The normalized spacial score (nSPS) is 10.0. The lowest BCUT2D eigenvalue weighted by molar-refractivity contribution is 0.107. The summed E-state index contributed by atoms with van der Waals surface area (Å²) in [4.78, 5) is 0. The van der Waals surface area contributed by atoms with Gasteiger partial charge < -0.3 is 9.84 Å². The van der Waals surface area contributed by atoms with E-state index < -0.39 is 0 Å². The summed E-state index contributed by atoms with van der Waals surface area (Å²) in [7, 11) is 0. The molecule has 0 unspecified atom stereocenters. The first kappa shape index (κ1) is 15.6. The fourth-order valence-electron chi connectivity index (χ4n) is 1.82. The maximum atomic E-state index is 8.67. The number of ether oxygens (including phenoxy) is 1. The summed E-state index contributed by atoms with van der Waals surface area (Å²) in [6, 6.07) is 15.6. The first-order valence-corrected chi connectivity index (χ1v) is 7.16. The van der Waals surface area contributed by atoms with Crippen molar-refractivity contribution in [3.63, 3.8) is 0 Å². The van der Waals surface area contributed by atoms with E-state index in [9.17, 15) is 0 Å². The van der Waals surface area contributed by atoms with Gasteiger partial charge in [0, 0.05) is 17.0 Å². The molecule has 0 aromatic heterocycles. The number of rotatable bonds is 5. The SMILES string of the molecule is OCCC#Cc1ccc(COCc2cccc(Cl)c2)cc1. The summed E-state index contributed by atoms with van der Waals surface area (Å²) in [5.74, 6) is 5.89. The summed E-state index contributed by atoms with van der Waals surface area (Å²) in [6.07, 6.45) is 0.504. The Labute approximate surface area is 130 Å². The van der Waals surface area contributed by atoms with Gasteiger partial charge >= 0.3 is 0 Å². The second-order valence-electron chi connectivity index (χ2n) is 4.60. The van der Waals surface area contributed by atoms with Gasteiger partial charge in [-0.1, -0.05) is 47.7 Å². The van der Waals surface area contributed by atoms with Crippen LogP contribution in [0.1, 0.15) is 23.1 Å². The van der Waals surface area contributed by atoms with Crippen molar-refractivity contribution in [2.75, 3.05) is 6.61 Å². The van der Waals surface area contributed by atoms with Crippen molar-refractivity contribution >= 4 is 11.6 Å². The standard InChI is InChI=1S/C18H17ClO2/c19-18-6-3-5-17(12-18)14-21-13-16-9-7-15(8-10-16)4-1-2-11-20/h3,5-10,12,20H,2,11,13-14H2. The largest absolute Gasteiger partial charge is 0.395 e. The molecule has 0 aliphatic rings. The highest BCUT2D eigenvalue weighted by Crippen LogP contribution is 2.12. The van der Waals surface area contributed by atoms with Crippen LogP contribution in [0.15, 0.2) is 48.5 Å². The smallest absolute Gasteiger partial charge is 0.0721 e. The first-order chi connectivity index (χ1) is 10.3. The molecule has 0 fully saturated rings. The maximum Gasteiger partial charge on any atom is 0.0721 e. The third-order valence-electron chi connectivity index (χ3n) is 2.85. The third-order valence-corrected chi connectivity index (χ3v) is 3.09. The van der Waals surface area contributed by atoms with Gasteiger partial charge in [0.1, 0.15) is 0 Å². The molecular formula is C18H17ClO2. The van der Waals surface area contributed by atoms with Gasteiger partial charge in [-0.2, -0.15) is 0 Å². The number of aliphatic hydroxyl groups is 1. The van der Waals surface area contributed by atoms with Crippen LogP contribution in [-0.4, -0.2) is 11.7 Å². The van der Waals surface area contributed by atoms with Crippen LogP contribution in [0.3, 0.4) is 0 Å². The molecule has 0 saturated carbocycles. The number of hydrogen-bond acceptors (Lipinski definition) is 2. The zero-order chi connectivity index (χ0) is 14.9. The van der Waals surface area contributed by atoms with Gasteiger partial charge in [-0.25, -0.2) is 0 Å². The van der Waals surface area contributed by atoms with Gasteiger partial charge in [-0.05, 0) is 35.4 Å². The Morgan fingerprint density at radius 2 is 1.76 bits per heavy atom. The van der Waals surface area contributed by atoms with Gasteiger partial charge in [0.2, 0.25) is 0 Å². The lowest BCUT2D eigenvalue weighted by Crippen LogP contribution is -1.94. The van der Waals surface area contributed by atoms with Crippen molar-refractivity contribution in [1.29, 1.82) is 0 Å². The molecule has 21 heavy (non-hydrogen) atoms. The summed E-state index contributed by atoms with van der Waals surface area (Å²) in [5.41, 5.74) is 3.11. The molecule has 3 heteroatoms. The van der Waals surface area contributed by atoms with E-state index >= 15 is 0 Å². The molecule has 2 rings (SSSR count). The molecule has 1 N–H and O–H groups in total. The Hall–Kier alpha value is -1.79. The van der Waals surface area contributed by atoms with E-state index in [4.69, 9.17) is 21.4 Å². The van der Waals surface area contributed by atoms with Gasteiger partial charge in [0.25, 0.3) is 0 Å². The maximum absolute atomic E-state index is 8.67. The second-order valence-corrected chi connectivity index (χ2v) is 5.03. The van der Waals surface area contributed by atoms with Crippen LogP contribution in [0.4, 0.5) is 0 Å². The van der Waals surface area contributed by atoms with E-state index in [1.54, 1.807) is 0 Å². The molecule has 0 aliphatic carbocycles. The molecule has 0 atom stereocenters. The molecule has 0 heterocycles. The summed E-state index contributed by atoms with van der Waals surface area (Å²) in [5, 5.41) is 9.39. The zero-order valence-electron chi connectivity index (χ0n) is 11.7. The van der Waals surface area contributed by atoms with Crippen molar-refractivity contribution < 1.29 is 9.84 Å². The number of aliphatic hydroxyl groups excluding tert-OH is 1. The number of benzene rings is 2. The highest BCUT2D eigenvalue weighted by Gasteiger charge is 1.97. The van der Waals surface area contributed by atoms with E-state index in [-0.39, 0.29) is 6.61 Å². The molecule has 108 valence electrons. The fraction of sp³-hybridized carbons (Fsp3) is 0.222. The lowest BCUT2D eigenvalue weighted by atomic mass is 10.1. The quantitative estimate of drug-likeness (QED) is 0.851. The van der Waals surface area contributed by atoms with E-state index in [2.05, 4.69) is 11.8 Å². The highest BCUT2D eigenvalue weighted by molar-refractivity contribution is 6.30. The van der Waals surface area contributed by atoms with Crippen molar-refractivity contribution in [1.82, 2.24) is 0 Å². The van der Waals surface area contributed by atoms with Crippen molar-refractivity contribution in [2.45, 2.75) is 19.6 Å². The Bertz CT molecular complexity index is 624. The van der Waals surface area contributed by atoms with Gasteiger partial charge in [0.05, 0.1) is 19.8 Å². The molecule has 0 saturated heterocycles. The van der Waals surface area contributed by atoms with Crippen LogP contribution in [0, 0.1) is 11.8 Å². The summed E-state index contributed by atoms with van der Waals surface area (Å²) >= 11 is 5.93. The van der Waals surface area contributed by atoms with Gasteiger partial charge in [-0.15, -0.1) is 0 Å². The van der Waals surface area contributed by atoms with Crippen molar-refractivity contribution in [3.05, 3.63) is 70.2 Å². The molecule has 0 spiro atoms. The van der Waals surface area contributed by atoms with Crippen LogP contribution >= 0.6 is 11.6 Å². The topological polar surface area (TPSA) is 29.5 Å². The lowest BCUT2D eigenvalue weighted by Gasteiger charge is -2.05. The number of halogens is 1. The van der Waals surface area contributed by atoms with Crippen LogP contribution in [-0.2, 0) is 18.0 Å². The number of hydrogen-bond donors (Lipinski definition) is 1. The zero-order valence-corrected chi connectivity index (χ0v) is 12.4. The Morgan fingerprint density at radius 3 is 2.48 bits per heavy atom. The minimum absolute atomic E-state index is 0.0996.